The van der Waals surface area contributed by atoms with E-state index in [0.29, 0.717) is 32.8 Å². The number of carbonyl (C=O) groups is 1. The van der Waals surface area contributed by atoms with Gasteiger partial charge in [-0.05, 0) is 50.3 Å². The number of aryl methyl sites for hydroxylation is 1. The van der Waals surface area contributed by atoms with Gasteiger partial charge in [0.1, 0.15) is 15.8 Å². The third kappa shape index (κ3) is 3.79. The average Bonchev–Trinajstić information content (AvgIpc) is 3.51. The first-order valence-corrected chi connectivity index (χ1v) is 11.9. The summed E-state index contributed by atoms with van der Waals surface area (Å²) in [6.07, 6.45) is 7.52. The fourth-order valence-electron chi connectivity index (χ4n) is 4.38. The molecule has 0 saturated carbocycles. The molecule has 0 aromatic carbocycles. The highest BCUT2D eigenvalue weighted by atomic mass is 32.2. The van der Waals surface area contributed by atoms with Crippen LogP contribution in [-0.2, 0) is 9.53 Å². The summed E-state index contributed by atoms with van der Waals surface area (Å²) in [7, 11) is 0. The Kier molecular flexibility index (Phi) is 5.58. The number of rotatable bonds is 4. The topological polar surface area (TPSA) is 67.2 Å². The van der Waals surface area contributed by atoms with Gasteiger partial charge >= 0.3 is 0 Å². The zero-order valence-corrected chi connectivity index (χ0v) is 19.0. The third-order valence-electron chi connectivity index (χ3n) is 6.03. The van der Waals surface area contributed by atoms with Crippen LogP contribution in [0, 0.1) is 6.92 Å². The van der Waals surface area contributed by atoms with Crippen LogP contribution >= 0.6 is 24.0 Å². The van der Waals surface area contributed by atoms with E-state index in [0.717, 1.165) is 50.9 Å². The highest BCUT2D eigenvalue weighted by Gasteiger charge is 2.35. The normalized spacial score (nSPS) is 23.1. The van der Waals surface area contributed by atoms with Crippen molar-refractivity contribution < 1.29 is 9.53 Å². The number of thioether (sulfide) groups is 1. The smallest absolute Gasteiger partial charge is 0.267 e. The van der Waals surface area contributed by atoms with E-state index >= 15 is 0 Å². The first-order chi connectivity index (χ1) is 15.0. The number of hydrogen-bond acceptors (Lipinski definition) is 7. The summed E-state index contributed by atoms with van der Waals surface area (Å²) in [4.78, 5) is 35.7. The predicted molar refractivity (Wildman–Crippen MR) is 126 cm³/mol. The van der Waals surface area contributed by atoms with E-state index in [1.165, 1.54) is 11.8 Å². The van der Waals surface area contributed by atoms with Crippen molar-refractivity contribution in [2.75, 3.05) is 31.1 Å². The zero-order chi connectivity index (χ0) is 21.5. The second-order valence-corrected chi connectivity index (χ2v) is 9.84. The largest absolute Gasteiger partial charge is 0.376 e. The summed E-state index contributed by atoms with van der Waals surface area (Å²) < 4.78 is 7.75. The molecule has 162 valence electrons. The van der Waals surface area contributed by atoms with Crippen molar-refractivity contribution >= 4 is 51.7 Å². The number of ether oxygens (including phenoxy) is 1. The van der Waals surface area contributed by atoms with Gasteiger partial charge in [-0.1, -0.05) is 30.0 Å². The molecule has 9 heteroatoms. The molecular weight excluding hydrogens is 432 g/mol. The van der Waals surface area contributed by atoms with Crippen LogP contribution in [0.15, 0.2) is 28.0 Å². The Labute approximate surface area is 190 Å². The van der Waals surface area contributed by atoms with Gasteiger partial charge < -0.3 is 9.64 Å². The van der Waals surface area contributed by atoms with Crippen molar-refractivity contribution in [3.8, 4) is 0 Å². The lowest BCUT2D eigenvalue weighted by Crippen LogP contribution is -2.35. The number of aromatic nitrogens is 2. The van der Waals surface area contributed by atoms with Crippen molar-refractivity contribution in [1.29, 1.82) is 0 Å². The Morgan fingerprint density at radius 1 is 1.29 bits per heavy atom. The second-order valence-electron chi connectivity index (χ2n) is 8.16. The van der Waals surface area contributed by atoms with E-state index in [9.17, 15) is 9.59 Å². The molecule has 31 heavy (non-hydrogen) atoms. The Morgan fingerprint density at radius 3 is 2.84 bits per heavy atom. The van der Waals surface area contributed by atoms with Crippen LogP contribution in [0.3, 0.4) is 0 Å². The maximum atomic E-state index is 13.5. The quantitative estimate of drug-likeness (QED) is 0.518. The molecule has 0 N–H and O–H groups in total. The second kappa shape index (κ2) is 8.37. The van der Waals surface area contributed by atoms with Gasteiger partial charge in [-0.3, -0.25) is 18.9 Å². The van der Waals surface area contributed by atoms with E-state index in [1.807, 2.05) is 19.1 Å². The number of fused-ring (bicyclic) bond motifs is 1. The van der Waals surface area contributed by atoms with Crippen LogP contribution in [0.1, 0.15) is 36.8 Å². The van der Waals surface area contributed by atoms with Crippen LogP contribution in [-0.4, -0.2) is 56.9 Å². The summed E-state index contributed by atoms with van der Waals surface area (Å²) in [6.45, 7) is 4.86. The van der Waals surface area contributed by atoms with E-state index in [4.69, 9.17) is 21.9 Å². The van der Waals surface area contributed by atoms with Crippen molar-refractivity contribution in [3.05, 3.63) is 44.7 Å². The van der Waals surface area contributed by atoms with Gasteiger partial charge in [0.15, 0.2) is 0 Å². The molecule has 0 bridgehead atoms. The van der Waals surface area contributed by atoms with Gasteiger partial charge in [0.05, 0.1) is 23.1 Å². The Bertz CT molecular complexity index is 1150. The maximum absolute atomic E-state index is 13.5. The van der Waals surface area contributed by atoms with Crippen molar-refractivity contribution in [3.63, 3.8) is 0 Å². The number of pyridine rings is 1. The standard InChI is InChI=1S/C22H24N4O3S2/c1-14-6-4-10-25-18(14)23-19(24-8-2-3-9-24)16(20(25)27)12-17-21(28)26(22(30)31-17)13-15-7-5-11-29-15/h4,6,10,12,15H,2-3,5,7-9,11,13H2,1H3. The highest BCUT2D eigenvalue weighted by Crippen LogP contribution is 2.34. The summed E-state index contributed by atoms with van der Waals surface area (Å²) in [5, 5.41) is 0. The Morgan fingerprint density at radius 2 is 2.10 bits per heavy atom. The molecule has 1 unspecified atom stereocenters. The van der Waals surface area contributed by atoms with Crippen LogP contribution in [0.25, 0.3) is 11.7 Å². The van der Waals surface area contributed by atoms with Crippen molar-refractivity contribution in [1.82, 2.24) is 14.3 Å². The Hall–Kier alpha value is -2.23. The molecule has 1 atom stereocenters. The first-order valence-electron chi connectivity index (χ1n) is 10.7. The van der Waals surface area contributed by atoms with Crippen LogP contribution < -0.4 is 10.5 Å². The minimum absolute atomic E-state index is 0.0259. The summed E-state index contributed by atoms with van der Waals surface area (Å²) in [6, 6.07) is 3.79. The highest BCUT2D eigenvalue weighted by molar-refractivity contribution is 8.26. The number of thiocarbonyl (C=S) groups is 1. The van der Waals surface area contributed by atoms with Crippen LogP contribution in [0.4, 0.5) is 5.82 Å². The van der Waals surface area contributed by atoms with Crippen LogP contribution in [0.5, 0.6) is 0 Å². The van der Waals surface area contributed by atoms with Crippen molar-refractivity contribution in [2.45, 2.75) is 38.7 Å². The molecule has 0 spiro atoms. The van der Waals surface area contributed by atoms with Gasteiger partial charge in [0, 0.05) is 25.9 Å². The van der Waals surface area contributed by atoms with Gasteiger partial charge in [-0.2, -0.15) is 0 Å². The number of nitrogens with zero attached hydrogens (tertiary/aromatic N) is 4. The van der Waals surface area contributed by atoms with Gasteiger partial charge in [-0.25, -0.2) is 4.98 Å². The molecule has 1 amide bonds. The lowest BCUT2D eigenvalue weighted by Gasteiger charge is -2.20. The molecule has 3 aliphatic heterocycles. The molecule has 3 saturated heterocycles. The molecule has 3 fully saturated rings. The molecule has 2 aromatic rings. The average molecular weight is 457 g/mol. The number of hydrogen-bond donors (Lipinski definition) is 0. The summed E-state index contributed by atoms with van der Waals surface area (Å²) in [5.74, 6) is 0.493. The van der Waals surface area contributed by atoms with Gasteiger partial charge in [0.2, 0.25) is 0 Å². The third-order valence-corrected chi connectivity index (χ3v) is 7.41. The molecule has 5 rings (SSSR count). The fraction of sp³-hybridized carbons (Fsp3) is 0.455. The van der Waals surface area contributed by atoms with E-state index in [2.05, 4.69) is 4.90 Å². The van der Waals surface area contributed by atoms with E-state index in [-0.39, 0.29) is 17.6 Å². The lowest BCUT2D eigenvalue weighted by atomic mass is 10.2. The molecular formula is C22H24N4O3S2. The monoisotopic (exact) mass is 456 g/mol. The van der Waals surface area contributed by atoms with E-state index < -0.39 is 0 Å². The predicted octanol–water partition coefficient (Wildman–Crippen LogP) is 2.98. The van der Waals surface area contributed by atoms with E-state index in [1.54, 1.807) is 21.6 Å². The van der Waals surface area contributed by atoms with Gasteiger partial charge in [-0.15, -0.1) is 0 Å². The fourth-order valence-corrected chi connectivity index (χ4v) is 5.63. The number of carbonyl (C=O) groups excluding carboxylic acids is 1. The summed E-state index contributed by atoms with van der Waals surface area (Å²) >= 11 is 6.72. The zero-order valence-electron chi connectivity index (χ0n) is 17.4. The summed E-state index contributed by atoms with van der Waals surface area (Å²) in [5.41, 5.74) is 1.87. The molecule has 2 aromatic heterocycles. The number of anilines is 1. The lowest BCUT2D eigenvalue weighted by molar-refractivity contribution is -0.123. The maximum Gasteiger partial charge on any atom is 0.267 e. The Balaban J connectivity index is 1.57. The minimum Gasteiger partial charge on any atom is -0.376 e. The van der Waals surface area contributed by atoms with Gasteiger partial charge in [0.25, 0.3) is 11.5 Å². The van der Waals surface area contributed by atoms with Crippen molar-refractivity contribution in [2.24, 2.45) is 0 Å². The number of amides is 1. The molecule has 0 aliphatic carbocycles. The first kappa shape index (κ1) is 20.7. The minimum atomic E-state index is -0.167. The molecule has 5 heterocycles. The SMILES string of the molecule is Cc1cccn2c(=O)c(C=C3SC(=S)N(CC4CCCO4)C3=O)c(N3CCCC3)nc12. The molecule has 7 nitrogen and oxygen atoms in total. The van der Waals surface area contributed by atoms with Crippen LogP contribution in [0.2, 0.25) is 0 Å². The molecule has 3 aliphatic rings. The molecule has 0 radical (unpaired) electrons.